The highest BCUT2D eigenvalue weighted by molar-refractivity contribution is 5.79. The molecule has 1 aliphatic rings. The van der Waals surface area contributed by atoms with Crippen molar-refractivity contribution in [2.75, 3.05) is 13.2 Å². The summed E-state index contributed by atoms with van der Waals surface area (Å²) in [6.07, 6.45) is 5.94. The Morgan fingerprint density at radius 2 is 2.59 bits per heavy atom. The Morgan fingerprint density at radius 1 is 1.76 bits per heavy atom. The molecule has 0 radical (unpaired) electrons. The third kappa shape index (κ3) is 3.06. The maximum atomic E-state index is 11.9. The monoisotopic (exact) mass is 237 g/mol. The Morgan fingerprint density at radius 3 is 3.18 bits per heavy atom. The summed E-state index contributed by atoms with van der Waals surface area (Å²) in [5.74, 6) is -0.0106. The van der Waals surface area contributed by atoms with Crippen molar-refractivity contribution in [1.82, 2.24) is 15.1 Å². The number of hydrogen-bond donors (Lipinski definition) is 1. The van der Waals surface area contributed by atoms with Crippen molar-refractivity contribution in [3.8, 4) is 0 Å². The van der Waals surface area contributed by atoms with E-state index in [1.165, 1.54) is 0 Å². The van der Waals surface area contributed by atoms with Crippen LogP contribution in [-0.4, -0.2) is 34.9 Å². The molecule has 1 N–H and O–H groups in total. The molecule has 5 heteroatoms. The highest BCUT2D eigenvalue weighted by atomic mass is 16.5. The Bertz CT molecular complexity index is 383. The number of hydrogen-bond acceptors (Lipinski definition) is 3. The first-order chi connectivity index (χ1) is 8.16. The van der Waals surface area contributed by atoms with Gasteiger partial charge in [0.15, 0.2) is 0 Å². The van der Waals surface area contributed by atoms with Gasteiger partial charge in [-0.25, -0.2) is 0 Å². The highest BCUT2D eigenvalue weighted by Crippen LogP contribution is 2.11. The number of amides is 1. The molecule has 5 nitrogen and oxygen atoms in total. The maximum Gasteiger partial charge on any atom is 0.244 e. The molecule has 1 aromatic heterocycles. The van der Waals surface area contributed by atoms with Gasteiger partial charge in [0, 0.05) is 19.3 Å². The zero-order chi connectivity index (χ0) is 12.3. The van der Waals surface area contributed by atoms with E-state index in [-0.39, 0.29) is 18.1 Å². The number of ether oxygens (including phenoxy) is 1. The summed E-state index contributed by atoms with van der Waals surface area (Å²) in [7, 11) is 0. The molecule has 2 atom stereocenters. The van der Waals surface area contributed by atoms with Gasteiger partial charge in [0.2, 0.25) is 5.91 Å². The molecule has 1 saturated heterocycles. The van der Waals surface area contributed by atoms with E-state index in [0.29, 0.717) is 6.54 Å². The minimum Gasteiger partial charge on any atom is -0.376 e. The lowest BCUT2D eigenvalue weighted by atomic mass is 10.2. The summed E-state index contributed by atoms with van der Waals surface area (Å²) in [6.45, 7) is 5.22. The number of nitrogens with zero attached hydrogens (tertiary/aromatic N) is 2. The van der Waals surface area contributed by atoms with Crippen LogP contribution in [0.15, 0.2) is 12.4 Å². The third-order valence-corrected chi connectivity index (χ3v) is 3.03. The van der Waals surface area contributed by atoms with E-state index >= 15 is 0 Å². The molecule has 1 amide bonds. The average Bonchev–Trinajstić information content (AvgIpc) is 2.95. The molecule has 94 valence electrons. The highest BCUT2D eigenvalue weighted by Gasteiger charge is 2.19. The Labute approximate surface area is 101 Å². The van der Waals surface area contributed by atoms with E-state index in [1.54, 1.807) is 10.9 Å². The summed E-state index contributed by atoms with van der Waals surface area (Å²) in [6, 6.07) is -0.273. The zero-order valence-corrected chi connectivity index (χ0v) is 10.3. The second-order valence-electron chi connectivity index (χ2n) is 4.55. The van der Waals surface area contributed by atoms with Gasteiger partial charge in [-0.05, 0) is 32.3 Å². The van der Waals surface area contributed by atoms with Crippen LogP contribution in [0.25, 0.3) is 0 Å². The van der Waals surface area contributed by atoms with E-state index in [1.807, 2.05) is 20.0 Å². The van der Waals surface area contributed by atoms with Crippen LogP contribution in [0.5, 0.6) is 0 Å². The fourth-order valence-corrected chi connectivity index (χ4v) is 1.93. The van der Waals surface area contributed by atoms with Crippen LogP contribution >= 0.6 is 0 Å². The Balaban J connectivity index is 1.82. The van der Waals surface area contributed by atoms with Gasteiger partial charge in [0.1, 0.15) is 6.04 Å². The summed E-state index contributed by atoms with van der Waals surface area (Å²) >= 11 is 0. The molecule has 1 aliphatic heterocycles. The van der Waals surface area contributed by atoms with Gasteiger partial charge in [-0.2, -0.15) is 5.10 Å². The van der Waals surface area contributed by atoms with Crippen LogP contribution in [0.1, 0.15) is 31.4 Å². The molecule has 1 fully saturated rings. The number of nitrogens with one attached hydrogen (secondary N) is 1. The fourth-order valence-electron chi connectivity index (χ4n) is 1.93. The largest absolute Gasteiger partial charge is 0.376 e. The minimum absolute atomic E-state index is 0.0106. The van der Waals surface area contributed by atoms with Gasteiger partial charge >= 0.3 is 0 Å². The first-order valence-electron chi connectivity index (χ1n) is 6.07. The lowest BCUT2D eigenvalue weighted by Crippen LogP contribution is -2.36. The molecule has 0 saturated carbocycles. The number of aromatic nitrogens is 2. The second kappa shape index (κ2) is 5.31. The average molecular weight is 237 g/mol. The van der Waals surface area contributed by atoms with Crippen molar-refractivity contribution in [1.29, 1.82) is 0 Å². The van der Waals surface area contributed by atoms with Gasteiger partial charge < -0.3 is 10.1 Å². The lowest BCUT2D eigenvalue weighted by Gasteiger charge is -2.15. The van der Waals surface area contributed by atoms with E-state index in [4.69, 9.17) is 4.74 Å². The van der Waals surface area contributed by atoms with Crippen molar-refractivity contribution in [2.45, 2.75) is 38.8 Å². The fraction of sp³-hybridized carbons (Fsp3) is 0.667. The molecule has 2 unspecified atom stereocenters. The number of carbonyl (C=O) groups excluding carboxylic acids is 1. The Hall–Kier alpha value is -1.36. The van der Waals surface area contributed by atoms with E-state index in [9.17, 15) is 4.79 Å². The first-order valence-corrected chi connectivity index (χ1v) is 6.07. The summed E-state index contributed by atoms with van der Waals surface area (Å²) in [4.78, 5) is 11.9. The van der Waals surface area contributed by atoms with Crippen LogP contribution in [-0.2, 0) is 9.53 Å². The van der Waals surface area contributed by atoms with Gasteiger partial charge in [0.05, 0.1) is 12.3 Å². The smallest absolute Gasteiger partial charge is 0.244 e. The van der Waals surface area contributed by atoms with Crippen LogP contribution < -0.4 is 5.32 Å². The normalized spacial score (nSPS) is 21.4. The summed E-state index contributed by atoms with van der Waals surface area (Å²) in [5.41, 5.74) is 1.06. The van der Waals surface area contributed by atoms with E-state index in [2.05, 4.69) is 10.4 Å². The predicted molar refractivity (Wildman–Crippen MR) is 63.7 cm³/mol. The van der Waals surface area contributed by atoms with Crippen molar-refractivity contribution < 1.29 is 9.53 Å². The van der Waals surface area contributed by atoms with Crippen molar-refractivity contribution in [3.05, 3.63) is 18.0 Å². The molecule has 2 rings (SSSR count). The van der Waals surface area contributed by atoms with Crippen LogP contribution in [0.2, 0.25) is 0 Å². The third-order valence-electron chi connectivity index (χ3n) is 3.03. The van der Waals surface area contributed by atoms with Crippen molar-refractivity contribution in [2.24, 2.45) is 0 Å². The van der Waals surface area contributed by atoms with E-state index in [0.717, 1.165) is 25.0 Å². The molecule has 0 bridgehead atoms. The maximum absolute atomic E-state index is 11.9. The number of carbonyl (C=O) groups is 1. The van der Waals surface area contributed by atoms with Crippen LogP contribution in [0, 0.1) is 6.92 Å². The molecule has 2 heterocycles. The predicted octanol–water partition coefficient (Wildman–Crippen LogP) is 1.05. The van der Waals surface area contributed by atoms with Crippen LogP contribution in [0.3, 0.4) is 0 Å². The molecule has 0 aromatic carbocycles. The lowest BCUT2D eigenvalue weighted by molar-refractivity contribution is -0.124. The van der Waals surface area contributed by atoms with E-state index < -0.39 is 0 Å². The van der Waals surface area contributed by atoms with Gasteiger partial charge in [0.25, 0.3) is 0 Å². The first kappa shape index (κ1) is 12.1. The molecule has 0 spiro atoms. The quantitative estimate of drug-likeness (QED) is 0.851. The standard InChI is InChI=1S/C12H19N3O2/c1-9-6-14-15(8-9)10(2)12(16)13-7-11-4-3-5-17-11/h6,8,10-11H,3-5,7H2,1-2H3,(H,13,16). The van der Waals surface area contributed by atoms with Crippen molar-refractivity contribution in [3.63, 3.8) is 0 Å². The molecule has 17 heavy (non-hydrogen) atoms. The minimum atomic E-state index is -0.273. The number of aryl methyl sites for hydroxylation is 1. The summed E-state index contributed by atoms with van der Waals surface area (Å²) in [5, 5.41) is 7.05. The van der Waals surface area contributed by atoms with Crippen molar-refractivity contribution >= 4 is 5.91 Å². The molecule has 0 aliphatic carbocycles. The number of rotatable bonds is 4. The molecular weight excluding hydrogens is 218 g/mol. The molecular formula is C12H19N3O2. The topological polar surface area (TPSA) is 56.2 Å². The second-order valence-corrected chi connectivity index (χ2v) is 4.55. The Kier molecular flexibility index (Phi) is 3.78. The molecule has 1 aromatic rings. The summed E-state index contributed by atoms with van der Waals surface area (Å²) < 4.78 is 7.14. The van der Waals surface area contributed by atoms with Gasteiger partial charge in [-0.15, -0.1) is 0 Å². The van der Waals surface area contributed by atoms with Gasteiger partial charge in [-0.1, -0.05) is 0 Å². The zero-order valence-electron chi connectivity index (χ0n) is 10.3. The van der Waals surface area contributed by atoms with Gasteiger partial charge in [-0.3, -0.25) is 9.48 Å². The van der Waals surface area contributed by atoms with Crippen LogP contribution in [0.4, 0.5) is 0 Å². The SMILES string of the molecule is Cc1cnn(C(C)C(=O)NCC2CCCO2)c1.